The Balaban J connectivity index is 0. The van der Waals surface area contributed by atoms with E-state index >= 15 is 0 Å². The Morgan fingerprint density at radius 1 is 1.40 bits per heavy atom. The fraction of sp³-hybridized carbons (Fsp3) is 0.857. The number of hydrogen-bond acceptors (Lipinski definition) is 3. The fourth-order valence-electron chi connectivity index (χ4n) is 0.201. The summed E-state index contributed by atoms with van der Waals surface area (Å²) < 4.78 is 2.91. The summed E-state index contributed by atoms with van der Waals surface area (Å²) in [5.74, 6) is 0. The maximum atomic E-state index is 10.2. The van der Waals surface area contributed by atoms with Crippen LogP contribution >= 0.6 is 11.9 Å². The van der Waals surface area contributed by atoms with E-state index in [1.54, 1.807) is 6.92 Å². The molecule has 1 N–H and O–H groups in total. The van der Waals surface area contributed by atoms with E-state index in [-0.39, 0.29) is 5.12 Å². The molecule has 0 aliphatic rings. The number of nitrogens with one attached hydrogen (secondary N) is 1. The third kappa shape index (κ3) is 15.7. The van der Waals surface area contributed by atoms with E-state index in [0.29, 0.717) is 6.04 Å². The van der Waals surface area contributed by atoms with Crippen LogP contribution < -0.4 is 4.72 Å². The van der Waals surface area contributed by atoms with Gasteiger partial charge in [0.25, 0.3) is 0 Å². The van der Waals surface area contributed by atoms with Gasteiger partial charge in [-0.15, -0.1) is 0 Å². The van der Waals surface area contributed by atoms with Crippen LogP contribution in [-0.4, -0.2) is 11.2 Å². The van der Waals surface area contributed by atoms with Crippen molar-refractivity contribution in [1.82, 2.24) is 4.72 Å². The van der Waals surface area contributed by atoms with Crippen LogP contribution in [0.1, 0.15) is 34.6 Å². The smallest absolute Gasteiger partial charge is 0.200 e. The highest BCUT2D eigenvalue weighted by Crippen LogP contribution is 1.95. The second-order valence-corrected chi connectivity index (χ2v) is 2.88. The molecule has 0 aromatic heterocycles. The van der Waals surface area contributed by atoms with Crippen molar-refractivity contribution in [1.29, 1.82) is 0 Å². The summed E-state index contributed by atoms with van der Waals surface area (Å²) in [6, 6.07) is 0.379. The summed E-state index contributed by atoms with van der Waals surface area (Å²) >= 11 is 1.15. The summed E-state index contributed by atoms with van der Waals surface area (Å²) in [5.41, 5.74) is 0. The third-order valence-corrected chi connectivity index (χ3v) is 1.32. The highest BCUT2D eigenvalue weighted by atomic mass is 32.2. The molecule has 0 aromatic rings. The summed E-state index contributed by atoms with van der Waals surface area (Å²) in [6.45, 7) is 9.53. The lowest BCUT2D eigenvalue weighted by Crippen LogP contribution is -2.15. The molecule has 0 aromatic carbocycles. The normalized spacial score (nSPS) is 8.60. The van der Waals surface area contributed by atoms with Crippen molar-refractivity contribution in [2.75, 3.05) is 0 Å². The molecule has 0 heterocycles. The van der Waals surface area contributed by atoms with Gasteiger partial charge in [0.1, 0.15) is 0 Å². The maximum absolute atomic E-state index is 10.2. The molecular formula is C7H17NOS. The molecule has 0 saturated carbocycles. The first kappa shape index (κ1) is 12.6. The average molecular weight is 163 g/mol. The lowest BCUT2D eigenvalue weighted by atomic mass is 10.4. The molecule has 0 amide bonds. The quantitative estimate of drug-likeness (QED) is 0.633. The first-order valence-electron chi connectivity index (χ1n) is 3.56. The first-order valence-corrected chi connectivity index (χ1v) is 4.37. The Bertz CT molecular complexity index is 83.7. The van der Waals surface area contributed by atoms with E-state index in [1.165, 1.54) is 0 Å². The van der Waals surface area contributed by atoms with Crippen LogP contribution in [0, 0.1) is 0 Å². The molecule has 0 spiro atoms. The van der Waals surface area contributed by atoms with Crippen LogP contribution in [-0.2, 0) is 4.79 Å². The number of carbonyl (C=O) groups excluding carboxylic acids is 1. The zero-order valence-electron chi connectivity index (χ0n) is 7.39. The van der Waals surface area contributed by atoms with Gasteiger partial charge in [0.15, 0.2) is 0 Å². The van der Waals surface area contributed by atoms with Crippen molar-refractivity contribution in [2.24, 2.45) is 0 Å². The third-order valence-electron chi connectivity index (χ3n) is 0.438. The highest BCUT2D eigenvalue weighted by Gasteiger charge is 1.93. The Hall–Kier alpha value is -0.0200. The van der Waals surface area contributed by atoms with Crippen LogP contribution in [0.5, 0.6) is 0 Å². The number of hydrogen-bond donors (Lipinski definition) is 1. The van der Waals surface area contributed by atoms with Gasteiger partial charge in [0.2, 0.25) is 5.12 Å². The van der Waals surface area contributed by atoms with E-state index in [0.717, 1.165) is 11.9 Å². The van der Waals surface area contributed by atoms with Gasteiger partial charge in [-0.1, -0.05) is 13.8 Å². The molecule has 0 atom stereocenters. The van der Waals surface area contributed by atoms with E-state index in [1.807, 2.05) is 27.7 Å². The number of carbonyl (C=O) groups is 1. The molecule has 0 bridgehead atoms. The second-order valence-electron chi connectivity index (χ2n) is 1.87. The van der Waals surface area contributed by atoms with Gasteiger partial charge in [-0.25, -0.2) is 0 Å². The SMILES string of the molecule is CC.CC(=O)SNC(C)C. The van der Waals surface area contributed by atoms with E-state index in [4.69, 9.17) is 0 Å². The average Bonchev–Trinajstić information content (AvgIpc) is 1.89. The van der Waals surface area contributed by atoms with E-state index < -0.39 is 0 Å². The van der Waals surface area contributed by atoms with Crippen molar-refractivity contribution in [2.45, 2.75) is 40.7 Å². The summed E-state index contributed by atoms with van der Waals surface area (Å²) in [7, 11) is 0. The molecule has 0 aliphatic carbocycles. The van der Waals surface area contributed by atoms with Gasteiger partial charge in [-0.2, -0.15) is 0 Å². The molecule has 10 heavy (non-hydrogen) atoms. The molecule has 2 nitrogen and oxygen atoms in total. The molecule has 0 unspecified atom stereocenters. The summed E-state index contributed by atoms with van der Waals surface area (Å²) in [4.78, 5) is 10.2. The predicted molar refractivity (Wildman–Crippen MR) is 47.9 cm³/mol. The minimum absolute atomic E-state index is 0.110. The summed E-state index contributed by atoms with van der Waals surface area (Å²) in [5, 5.41) is 0.110. The zero-order valence-corrected chi connectivity index (χ0v) is 8.21. The van der Waals surface area contributed by atoms with Gasteiger partial charge in [-0.05, 0) is 25.8 Å². The minimum Gasteiger partial charge on any atom is -0.286 e. The van der Waals surface area contributed by atoms with Gasteiger partial charge < -0.3 is 0 Å². The van der Waals surface area contributed by atoms with Gasteiger partial charge in [-0.3, -0.25) is 9.52 Å². The number of rotatable bonds is 2. The molecule has 62 valence electrons. The van der Waals surface area contributed by atoms with Gasteiger partial charge in [0, 0.05) is 13.0 Å². The lowest BCUT2D eigenvalue weighted by Gasteiger charge is -2.01. The first-order chi connectivity index (χ1) is 4.63. The Kier molecular flexibility index (Phi) is 11.3. The Morgan fingerprint density at radius 2 is 1.80 bits per heavy atom. The molecular weight excluding hydrogens is 146 g/mol. The molecule has 0 saturated heterocycles. The largest absolute Gasteiger partial charge is 0.286 e. The van der Waals surface area contributed by atoms with Crippen LogP contribution in [0.4, 0.5) is 0 Å². The van der Waals surface area contributed by atoms with Crippen LogP contribution in [0.15, 0.2) is 0 Å². The van der Waals surface area contributed by atoms with Gasteiger partial charge in [0.05, 0.1) is 0 Å². The molecule has 0 radical (unpaired) electrons. The van der Waals surface area contributed by atoms with Crippen molar-refractivity contribution in [3.63, 3.8) is 0 Å². The Morgan fingerprint density at radius 3 is 1.90 bits per heavy atom. The highest BCUT2D eigenvalue weighted by molar-refractivity contribution is 8.11. The molecule has 0 rings (SSSR count). The van der Waals surface area contributed by atoms with Gasteiger partial charge >= 0.3 is 0 Å². The van der Waals surface area contributed by atoms with E-state index in [9.17, 15) is 4.79 Å². The second kappa shape index (κ2) is 8.98. The van der Waals surface area contributed by atoms with Crippen molar-refractivity contribution in [3.8, 4) is 0 Å². The van der Waals surface area contributed by atoms with E-state index in [2.05, 4.69) is 4.72 Å². The maximum Gasteiger partial charge on any atom is 0.200 e. The van der Waals surface area contributed by atoms with Crippen molar-refractivity contribution in [3.05, 3.63) is 0 Å². The van der Waals surface area contributed by atoms with Crippen LogP contribution in [0.2, 0.25) is 0 Å². The van der Waals surface area contributed by atoms with Crippen molar-refractivity contribution < 1.29 is 4.79 Å². The lowest BCUT2D eigenvalue weighted by molar-refractivity contribution is -0.109. The van der Waals surface area contributed by atoms with Crippen LogP contribution in [0.3, 0.4) is 0 Å². The fourth-order valence-corrected chi connectivity index (χ4v) is 0.602. The standard InChI is InChI=1S/C5H11NOS.C2H6/c1-4(2)6-8-5(3)7;1-2/h4,6H,1-3H3;1-2H3. The van der Waals surface area contributed by atoms with Crippen LogP contribution in [0.25, 0.3) is 0 Å². The monoisotopic (exact) mass is 163 g/mol. The molecule has 0 aliphatic heterocycles. The summed E-state index contributed by atoms with van der Waals surface area (Å²) in [6.07, 6.45) is 0. The molecule has 0 fully saturated rings. The topological polar surface area (TPSA) is 29.1 Å². The van der Waals surface area contributed by atoms with Crippen molar-refractivity contribution >= 4 is 17.1 Å². The molecule has 3 heteroatoms. The minimum atomic E-state index is 0.110. The zero-order chi connectivity index (χ0) is 8.57. The Labute approximate surface area is 67.9 Å². The predicted octanol–water partition coefficient (Wildman–Crippen LogP) is 2.21.